The molecule has 24 heavy (non-hydrogen) atoms. The summed E-state index contributed by atoms with van der Waals surface area (Å²) in [6.07, 6.45) is 1.73. The predicted octanol–water partition coefficient (Wildman–Crippen LogP) is 2.28. The van der Waals surface area contributed by atoms with Gasteiger partial charge in [-0.25, -0.2) is 4.79 Å². The van der Waals surface area contributed by atoms with E-state index in [2.05, 4.69) is 11.9 Å². The van der Waals surface area contributed by atoms with Crippen molar-refractivity contribution < 1.29 is 19.6 Å². The van der Waals surface area contributed by atoms with Gasteiger partial charge in [-0.3, -0.25) is 4.79 Å². The van der Waals surface area contributed by atoms with Gasteiger partial charge in [0, 0.05) is 4.88 Å². The van der Waals surface area contributed by atoms with Crippen molar-refractivity contribution in [1.29, 1.82) is 0 Å². The van der Waals surface area contributed by atoms with Crippen LogP contribution in [0.5, 0.6) is 0 Å². The highest BCUT2D eigenvalue weighted by atomic mass is 32.1. The number of amides is 1. The fraction of sp³-hybridized carbons (Fsp3) is 0.222. The molecule has 0 radical (unpaired) electrons. The van der Waals surface area contributed by atoms with Crippen molar-refractivity contribution in [1.82, 2.24) is 0 Å². The van der Waals surface area contributed by atoms with E-state index >= 15 is 0 Å². The van der Waals surface area contributed by atoms with Crippen molar-refractivity contribution in [2.45, 2.75) is 6.92 Å². The second-order valence-corrected chi connectivity index (χ2v) is 6.06. The lowest BCUT2D eigenvalue weighted by Crippen LogP contribution is -2.86. The van der Waals surface area contributed by atoms with Crippen molar-refractivity contribution >= 4 is 28.2 Å². The van der Waals surface area contributed by atoms with E-state index < -0.39 is 5.97 Å². The van der Waals surface area contributed by atoms with E-state index in [4.69, 9.17) is 4.74 Å². The minimum Gasteiger partial charge on any atom is -0.462 e. The molecule has 6 heteroatoms. The first-order chi connectivity index (χ1) is 11.7. The van der Waals surface area contributed by atoms with Crippen LogP contribution >= 0.6 is 11.3 Å². The largest absolute Gasteiger partial charge is 0.462 e. The van der Waals surface area contributed by atoms with Crippen LogP contribution < -0.4 is 10.6 Å². The van der Waals surface area contributed by atoms with Gasteiger partial charge in [0.1, 0.15) is 5.00 Å². The minimum absolute atomic E-state index is 0.163. The lowest BCUT2D eigenvalue weighted by molar-refractivity contribution is -0.634. The normalized spacial score (nSPS) is 10.2. The molecule has 2 aromatic rings. The van der Waals surface area contributed by atoms with E-state index in [-0.39, 0.29) is 19.1 Å². The average Bonchev–Trinajstić information content (AvgIpc) is 3.00. The van der Waals surface area contributed by atoms with Crippen LogP contribution in [0.3, 0.4) is 0 Å². The standard InChI is InChI=1S/C18H20N2O3S/c1-3-10-19-12-16(21)20-17-14(18(22)23-4-2)11-15(24-17)13-8-6-5-7-9-13/h3,5-9,11,19H,1,4,10,12H2,2H3,(H,20,21)/p+1. The van der Waals surface area contributed by atoms with Crippen LogP contribution in [-0.2, 0) is 9.53 Å². The predicted molar refractivity (Wildman–Crippen MR) is 96.2 cm³/mol. The third kappa shape index (κ3) is 4.78. The summed E-state index contributed by atoms with van der Waals surface area (Å²) in [5.41, 5.74) is 1.38. The first-order valence-corrected chi connectivity index (χ1v) is 8.56. The molecule has 0 aliphatic rings. The molecule has 1 amide bonds. The second kappa shape index (κ2) is 9.00. The van der Waals surface area contributed by atoms with Crippen LogP contribution in [-0.4, -0.2) is 31.6 Å². The molecule has 1 aromatic carbocycles. The molecule has 126 valence electrons. The number of carbonyl (C=O) groups excluding carboxylic acids is 2. The van der Waals surface area contributed by atoms with Crippen LogP contribution in [0.1, 0.15) is 17.3 Å². The Balaban J connectivity index is 2.23. The number of hydrogen-bond donors (Lipinski definition) is 2. The smallest absolute Gasteiger partial charge is 0.341 e. The number of esters is 1. The lowest BCUT2D eigenvalue weighted by Gasteiger charge is -2.05. The Hall–Kier alpha value is -2.44. The van der Waals surface area contributed by atoms with E-state index in [1.807, 2.05) is 35.6 Å². The van der Waals surface area contributed by atoms with Crippen molar-refractivity contribution in [2.75, 3.05) is 25.0 Å². The van der Waals surface area contributed by atoms with Crippen LogP contribution in [0.2, 0.25) is 0 Å². The number of nitrogens with two attached hydrogens (primary N) is 1. The molecular weight excluding hydrogens is 324 g/mol. The molecule has 0 spiro atoms. The SMILES string of the molecule is C=CC[NH2+]CC(=O)Nc1sc(-c2ccccc2)cc1C(=O)OCC. The third-order valence-corrected chi connectivity index (χ3v) is 4.30. The van der Waals surface area contributed by atoms with Gasteiger partial charge in [-0.1, -0.05) is 36.9 Å². The molecule has 3 N–H and O–H groups in total. The Morgan fingerprint density at radius 1 is 1.33 bits per heavy atom. The highest BCUT2D eigenvalue weighted by Gasteiger charge is 2.20. The Morgan fingerprint density at radius 2 is 2.08 bits per heavy atom. The maximum Gasteiger partial charge on any atom is 0.341 e. The number of anilines is 1. The number of nitrogens with one attached hydrogen (secondary N) is 1. The molecule has 0 aliphatic heterocycles. The van der Waals surface area contributed by atoms with Gasteiger partial charge in [0.05, 0.1) is 18.7 Å². The molecule has 0 saturated heterocycles. The Bertz CT molecular complexity index is 710. The molecular formula is C18H21N2O3S+. The average molecular weight is 345 g/mol. The van der Waals surface area contributed by atoms with Gasteiger partial charge < -0.3 is 15.4 Å². The summed E-state index contributed by atoms with van der Waals surface area (Å²) in [7, 11) is 0. The van der Waals surface area contributed by atoms with E-state index in [9.17, 15) is 9.59 Å². The molecule has 0 saturated carbocycles. The molecule has 2 rings (SSSR count). The lowest BCUT2D eigenvalue weighted by atomic mass is 10.1. The quantitative estimate of drug-likeness (QED) is 0.438. The van der Waals surface area contributed by atoms with Crippen molar-refractivity contribution in [3.8, 4) is 10.4 Å². The minimum atomic E-state index is -0.429. The van der Waals surface area contributed by atoms with Crippen LogP contribution in [0.25, 0.3) is 10.4 Å². The van der Waals surface area contributed by atoms with Crippen LogP contribution in [0, 0.1) is 0 Å². The highest BCUT2D eigenvalue weighted by Crippen LogP contribution is 2.35. The number of ether oxygens (including phenoxy) is 1. The first-order valence-electron chi connectivity index (χ1n) is 7.74. The molecule has 1 aromatic heterocycles. The molecule has 0 atom stereocenters. The van der Waals surface area contributed by atoms with E-state index in [1.165, 1.54) is 11.3 Å². The maximum atomic E-state index is 12.2. The molecule has 0 unspecified atom stereocenters. The van der Waals surface area contributed by atoms with Gasteiger partial charge in [0.2, 0.25) is 0 Å². The van der Waals surface area contributed by atoms with Crippen LogP contribution in [0.15, 0.2) is 49.1 Å². The molecule has 0 fully saturated rings. The second-order valence-electron chi connectivity index (χ2n) is 5.01. The summed E-state index contributed by atoms with van der Waals surface area (Å²) in [6.45, 7) is 6.59. The fourth-order valence-electron chi connectivity index (χ4n) is 2.10. The zero-order chi connectivity index (χ0) is 17.4. The number of quaternary nitrogens is 1. The van der Waals surface area contributed by atoms with E-state index in [1.54, 1.807) is 19.1 Å². The van der Waals surface area contributed by atoms with Crippen molar-refractivity contribution in [3.63, 3.8) is 0 Å². The fourth-order valence-corrected chi connectivity index (χ4v) is 3.17. The molecule has 0 aliphatic carbocycles. The Kier molecular flexibility index (Phi) is 6.72. The molecule has 0 bridgehead atoms. The molecule has 5 nitrogen and oxygen atoms in total. The maximum absolute atomic E-state index is 12.2. The monoisotopic (exact) mass is 345 g/mol. The van der Waals surface area contributed by atoms with Gasteiger partial charge in [-0.2, -0.15) is 0 Å². The van der Waals surface area contributed by atoms with E-state index in [0.29, 0.717) is 17.1 Å². The van der Waals surface area contributed by atoms with E-state index in [0.717, 1.165) is 10.4 Å². The summed E-state index contributed by atoms with van der Waals surface area (Å²) in [5, 5.41) is 5.16. The summed E-state index contributed by atoms with van der Waals surface area (Å²) in [4.78, 5) is 25.1. The van der Waals surface area contributed by atoms with Gasteiger partial charge in [0.25, 0.3) is 5.91 Å². The first kappa shape index (κ1) is 17.9. The summed E-state index contributed by atoms with van der Waals surface area (Å²) in [6, 6.07) is 11.5. The summed E-state index contributed by atoms with van der Waals surface area (Å²) < 4.78 is 5.09. The summed E-state index contributed by atoms with van der Waals surface area (Å²) in [5.74, 6) is -0.592. The number of carbonyl (C=O) groups is 2. The number of benzene rings is 1. The van der Waals surface area contributed by atoms with Gasteiger partial charge >= 0.3 is 5.97 Å². The Morgan fingerprint density at radius 3 is 2.75 bits per heavy atom. The highest BCUT2D eigenvalue weighted by molar-refractivity contribution is 7.20. The zero-order valence-corrected chi connectivity index (χ0v) is 14.4. The number of thiophene rings is 1. The van der Waals surface area contributed by atoms with Crippen molar-refractivity contribution in [3.05, 3.63) is 54.6 Å². The Labute approximate surface area is 145 Å². The molecule has 1 heterocycles. The van der Waals surface area contributed by atoms with Gasteiger partial charge in [0.15, 0.2) is 6.54 Å². The van der Waals surface area contributed by atoms with Gasteiger partial charge in [-0.15, -0.1) is 11.3 Å². The van der Waals surface area contributed by atoms with Gasteiger partial charge in [-0.05, 0) is 24.6 Å². The summed E-state index contributed by atoms with van der Waals surface area (Å²) >= 11 is 1.37. The number of hydrogen-bond acceptors (Lipinski definition) is 4. The topological polar surface area (TPSA) is 72.0 Å². The van der Waals surface area contributed by atoms with Crippen molar-refractivity contribution in [2.24, 2.45) is 0 Å². The zero-order valence-electron chi connectivity index (χ0n) is 13.6. The third-order valence-electron chi connectivity index (χ3n) is 3.20. The number of rotatable bonds is 8. The van der Waals surface area contributed by atoms with Crippen LogP contribution in [0.4, 0.5) is 5.00 Å².